The van der Waals surface area contributed by atoms with Gasteiger partial charge in [-0.05, 0) is 43.4 Å². The Morgan fingerprint density at radius 1 is 1.29 bits per heavy atom. The number of anilines is 1. The molecule has 0 unspecified atom stereocenters. The number of carbonyl (C=O) groups is 1. The Morgan fingerprint density at radius 3 is 2.71 bits per heavy atom. The van der Waals surface area contributed by atoms with Gasteiger partial charge in [0, 0.05) is 43.2 Å². The van der Waals surface area contributed by atoms with Crippen molar-refractivity contribution in [3.8, 4) is 0 Å². The number of pyridine rings is 1. The van der Waals surface area contributed by atoms with Crippen molar-refractivity contribution in [2.24, 2.45) is 5.92 Å². The van der Waals surface area contributed by atoms with E-state index in [0.717, 1.165) is 36.8 Å². The van der Waals surface area contributed by atoms with Crippen LogP contribution in [0.15, 0.2) is 24.5 Å². The van der Waals surface area contributed by atoms with Crippen LogP contribution in [0.25, 0.3) is 5.57 Å². The number of amides is 1. The SMILES string of the molecule is CN(C(=O)C1CCCCC1)c1cc(/C(C=N)=C/NC2CC2)ccn1. The van der Waals surface area contributed by atoms with Crippen molar-refractivity contribution in [1.29, 1.82) is 5.41 Å². The highest BCUT2D eigenvalue weighted by molar-refractivity contribution is 6.08. The third-order valence-corrected chi connectivity index (χ3v) is 4.91. The van der Waals surface area contributed by atoms with Gasteiger partial charge in [0.15, 0.2) is 0 Å². The largest absolute Gasteiger partial charge is 0.388 e. The van der Waals surface area contributed by atoms with E-state index >= 15 is 0 Å². The number of rotatable bonds is 6. The van der Waals surface area contributed by atoms with Gasteiger partial charge in [-0.1, -0.05) is 19.3 Å². The Hall–Kier alpha value is -2.17. The summed E-state index contributed by atoms with van der Waals surface area (Å²) in [6.45, 7) is 0. The zero-order valence-electron chi connectivity index (χ0n) is 14.3. The van der Waals surface area contributed by atoms with Crippen LogP contribution in [0.4, 0.5) is 5.82 Å². The van der Waals surface area contributed by atoms with Crippen LogP contribution < -0.4 is 10.2 Å². The van der Waals surface area contributed by atoms with Crippen LogP contribution in [0.2, 0.25) is 0 Å². The molecule has 0 spiro atoms. The van der Waals surface area contributed by atoms with Gasteiger partial charge in [0.05, 0.1) is 0 Å². The molecule has 0 atom stereocenters. The van der Waals surface area contributed by atoms with Gasteiger partial charge in [0.25, 0.3) is 0 Å². The highest BCUT2D eigenvalue weighted by atomic mass is 16.2. The molecule has 2 fully saturated rings. The van der Waals surface area contributed by atoms with Gasteiger partial charge in [0.1, 0.15) is 5.82 Å². The van der Waals surface area contributed by atoms with Crippen LogP contribution in [0.3, 0.4) is 0 Å². The first-order valence-electron chi connectivity index (χ1n) is 8.89. The lowest BCUT2D eigenvalue weighted by Crippen LogP contribution is -2.34. The predicted octanol–water partition coefficient (Wildman–Crippen LogP) is 3.37. The summed E-state index contributed by atoms with van der Waals surface area (Å²) in [6, 6.07) is 4.33. The number of nitrogens with zero attached hydrogens (tertiary/aromatic N) is 2. The first-order chi connectivity index (χ1) is 11.7. The molecule has 1 aromatic heterocycles. The maximum atomic E-state index is 12.7. The summed E-state index contributed by atoms with van der Waals surface area (Å²) in [7, 11) is 1.80. The second-order valence-corrected chi connectivity index (χ2v) is 6.82. The molecule has 0 saturated heterocycles. The van der Waals surface area contributed by atoms with Gasteiger partial charge >= 0.3 is 0 Å². The van der Waals surface area contributed by atoms with Gasteiger partial charge in [-0.15, -0.1) is 0 Å². The van der Waals surface area contributed by atoms with Crippen molar-refractivity contribution < 1.29 is 4.79 Å². The van der Waals surface area contributed by atoms with E-state index < -0.39 is 0 Å². The summed E-state index contributed by atoms with van der Waals surface area (Å²) in [5.74, 6) is 0.946. The molecule has 1 aromatic rings. The fraction of sp³-hybridized carbons (Fsp3) is 0.526. The van der Waals surface area contributed by atoms with Gasteiger partial charge in [-0.2, -0.15) is 0 Å². The molecule has 1 amide bonds. The first-order valence-corrected chi connectivity index (χ1v) is 8.89. The van der Waals surface area contributed by atoms with Crippen molar-refractivity contribution in [2.45, 2.75) is 51.0 Å². The Kier molecular flexibility index (Phi) is 5.28. The van der Waals surface area contributed by atoms with Crippen LogP contribution in [0.1, 0.15) is 50.5 Å². The van der Waals surface area contributed by atoms with Crippen molar-refractivity contribution >= 4 is 23.5 Å². The minimum atomic E-state index is 0.128. The molecule has 5 heteroatoms. The average Bonchev–Trinajstić information content (AvgIpc) is 3.46. The molecule has 128 valence electrons. The smallest absolute Gasteiger partial charge is 0.230 e. The minimum absolute atomic E-state index is 0.128. The van der Waals surface area contributed by atoms with Gasteiger partial charge in [-0.3, -0.25) is 9.69 Å². The van der Waals surface area contributed by atoms with E-state index in [0.29, 0.717) is 11.9 Å². The Bertz CT molecular complexity index is 630. The zero-order valence-corrected chi connectivity index (χ0v) is 14.3. The predicted molar refractivity (Wildman–Crippen MR) is 97.1 cm³/mol. The maximum absolute atomic E-state index is 12.7. The third-order valence-electron chi connectivity index (χ3n) is 4.91. The van der Waals surface area contributed by atoms with Crippen molar-refractivity contribution in [2.75, 3.05) is 11.9 Å². The molecule has 0 aliphatic heterocycles. The normalized spacial score (nSPS) is 19.0. The monoisotopic (exact) mass is 326 g/mol. The lowest BCUT2D eigenvalue weighted by atomic mass is 9.88. The Morgan fingerprint density at radius 2 is 2.04 bits per heavy atom. The quantitative estimate of drug-likeness (QED) is 0.788. The van der Waals surface area contributed by atoms with Gasteiger partial charge < -0.3 is 10.7 Å². The highest BCUT2D eigenvalue weighted by Crippen LogP contribution is 2.27. The summed E-state index contributed by atoms with van der Waals surface area (Å²) in [4.78, 5) is 18.7. The number of hydrogen-bond donors (Lipinski definition) is 2. The fourth-order valence-electron chi connectivity index (χ4n) is 3.18. The molecule has 1 heterocycles. The topological polar surface area (TPSA) is 69.1 Å². The molecule has 0 radical (unpaired) electrons. The molecule has 0 bridgehead atoms. The molecule has 3 rings (SSSR count). The van der Waals surface area contributed by atoms with E-state index in [-0.39, 0.29) is 11.8 Å². The van der Waals surface area contributed by atoms with E-state index in [1.54, 1.807) is 18.1 Å². The summed E-state index contributed by atoms with van der Waals surface area (Å²) in [6.07, 6.45) is 12.8. The Balaban J connectivity index is 1.74. The number of carbonyl (C=O) groups excluding carboxylic acids is 1. The molecule has 2 aliphatic rings. The van der Waals surface area contributed by atoms with Gasteiger partial charge in [-0.25, -0.2) is 4.98 Å². The molecule has 2 N–H and O–H groups in total. The van der Waals surface area contributed by atoms with Crippen molar-refractivity contribution in [1.82, 2.24) is 10.3 Å². The maximum Gasteiger partial charge on any atom is 0.230 e. The van der Waals surface area contributed by atoms with Crippen LogP contribution >= 0.6 is 0 Å². The van der Waals surface area contributed by atoms with Gasteiger partial charge in [0.2, 0.25) is 5.91 Å². The lowest BCUT2D eigenvalue weighted by molar-refractivity contribution is -0.123. The lowest BCUT2D eigenvalue weighted by Gasteiger charge is -2.26. The summed E-state index contributed by atoms with van der Waals surface area (Å²) in [5.41, 5.74) is 1.72. The molecule has 0 aromatic carbocycles. The molecule has 2 saturated carbocycles. The van der Waals surface area contributed by atoms with E-state index in [9.17, 15) is 4.79 Å². The van der Waals surface area contributed by atoms with E-state index in [1.165, 1.54) is 25.5 Å². The van der Waals surface area contributed by atoms with Crippen LogP contribution in [-0.4, -0.2) is 30.2 Å². The van der Waals surface area contributed by atoms with E-state index in [4.69, 9.17) is 5.41 Å². The van der Waals surface area contributed by atoms with Crippen molar-refractivity contribution in [3.05, 3.63) is 30.1 Å². The van der Waals surface area contributed by atoms with E-state index in [1.807, 2.05) is 18.3 Å². The molecular weight excluding hydrogens is 300 g/mol. The molecule has 2 aliphatic carbocycles. The second-order valence-electron chi connectivity index (χ2n) is 6.82. The van der Waals surface area contributed by atoms with Crippen LogP contribution in [0.5, 0.6) is 0 Å². The fourth-order valence-corrected chi connectivity index (χ4v) is 3.18. The number of nitrogens with one attached hydrogen (secondary N) is 2. The average molecular weight is 326 g/mol. The molecular formula is C19H26N4O. The Labute approximate surface area is 143 Å². The van der Waals surface area contributed by atoms with Crippen LogP contribution in [0, 0.1) is 11.3 Å². The molecule has 24 heavy (non-hydrogen) atoms. The van der Waals surface area contributed by atoms with Crippen molar-refractivity contribution in [3.63, 3.8) is 0 Å². The standard InChI is InChI=1S/C19H26N4O/c1-23(19(24)14-5-3-2-4-6-14)18-11-15(9-10-21-18)16(12-20)13-22-17-7-8-17/h9-14,17,20,22H,2-8H2,1H3/b16-13+,20-12?. The summed E-state index contributed by atoms with van der Waals surface area (Å²) in [5, 5.41) is 11.0. The number of allylic oxidation sites excluding steroid dienone is 1. The minimum Gasteiger partial charge on any atom is -0.388 e. The summed E-state index contributed by atoms with van der Waals surface area (Å²) >= 11 is 0. The van der Waals surface area contributed by atoms with Crippen LogP contribution in [-0.2, 0) is 4.79 Å². The third kappa shape index (κ3) is 4.02. The first kappa shape index (κ1) is 16.7. The molecule has 5 nitrogen and oxygen atoms in total. The highest BCUT2D eigenvalue weighted by Gasteiger charge is 2.25. The van der Waals surface area contributed by atoms with E-state index in [2.05, 4.69) is 10.3 Å². The number of aromatic nitrogens is 1. The number of hydrogen-bond acceptors (Lipinski definition) is 4. The summed E-state index contributed by atoms with van der Waals surface area (Å²) < 4.78 is 0. The zero-order chi connectivity index (χ0) is 16.9. The second kappa shape index (κ2) is 7.60.